The van der Waals surface area contributed by atoms with Crippen LogP contribution in [0.5, 0.6) is 5.75 Å². The summed E-state index contributed by atoms with van der Waals surface area (Å²) in [4.78, 5) is 27.0. The first kappa shape index (κ1) is 23.5. The molecule has 1 aromatic rings. The van der Waals surface area contributed by atoms with Gasteiger partial charge in [0.1, 0.15) is 5.75 Å². The summed E-state index contributed by atoms with van der Waals surface area (Å²) in [7, 11) is -2.14. The molecule has 1 unspecified atom stereocenters. The molecular formula is C22H32N2O6S. The van der Waals surface area contributed by atoms with Crippen molar-refractivity contribution in [3.8, 4) is 5.75 Å². The zero-order chi connectivity index (χ0) is 22.6. The van der Waals surface area contributed by atoms with Crippen molar-refractivity contribution in [1.82, 2.24) is 9.21 Å². The fraction of sp³-hybridized carbons (Fsp3) is 0.636. The molecule has 0 saturated carbocycles. The van der Waals surface area contributed by atoms with Gasteiger partial charge in [-0.3, -0.25) is 9.59 Å². The number of methoxy groups -OCH3 is 1. The maximum atomic E-state index is 13.2. The summed E-state index contributed by atoms with van der Waals surface area (Å²) in [6.45, 7) is 5.55. The number of likely N-dealkylation sites (tertiary alicyclic amines) is 1. The Morgan fingerprint density at radius 1 is 1.10 bits per heavy atom. The van der Waals surface area contributed by atoms with Crippen LogP contribution in [0.3, 0.4) is 0 Å². The molecule has 2 aliphatic heterocycles. The minimum absolute atomic E-state index is 0.0203. The van der Waals surface area contributed by atoms with Gasteiger partial charge in [-0.25, -0.2) is 8.42 Å². The lowest BCUT2D eigenvalue weighted by Gasteiger charge is -2.37. The number of sulfonamides is 1. The van der Waals surface area contributed by atoms with Gasteiger partial charge >= 0.3 is 5.97 Å². The van der Waals surface area contributed by atoms with Gasteiger partial charge in [-0.15, -0.1) is 0 Å². The van der Waals surface area contributed by atoms with E-state index in [2.05, 4.69) is 0 Å². The van der Waals surface area contributed by atoms with Gasteiger partial charge in [0.25, 0.3) is 0 Å². The van der Waals surface area contributed by atoms with Gasteiger partial charge in [0.2, 0.25) is 15.9 Å². The topological polar surface area (TPSA) is 93.2 Å². The Bertz CT molecular complexity index is 909. The van der Waals surface area contributed by atoms with Crippen LogP contribution in [0.25, 0.3) is 0 Å². The molecule has 2 heterocycles. The lowest BCUT2D eigenvalue weighted by Crippen LogP contribution is -2.49. The molecule has 2 aliphatic rings. The number of carbonyl (C=O) groups is 2. The number of piperidine rings is 2. The summed E-state index contributed by atoms with van der Waals surface area (Å²) >= 11 is 0. The standard InChI is InChI=1S/C22H32N2O6S/c1-4-30-22(26)17-9-12-23(13-10-17)21(25)18-6-5-11-24(15-18)31(27,28)19-7-8-20(29-3)16(2)14-19/h7-8,14,17-18H,4-6,9-13,15H2,1-3H3. The molecule has 0 radical (unpaired) electrons. The number of hydrogen-bond acceptors (Lipinski definition) is 6. The highest BCUT2D eigenvalue weighted by Crippen LogP contribution is 2.29. The first-order chi connectivity index (χ1) is 14.8. The Kier molecular flexibility index (Phi) is 7.59. The van der Waals surface area contributed by atoms with Crippen LogP contribution in [0.15, 0.2) is 23.1 Å². The molecule has 1 atom stereocenters. The number of ether oxygens (including phenoxy) is 2. The summed E-state index contributed by atoms with van der Waals surface area (Å²) in [5, 5.41) is 0. The molecule has 31 heavy (non-hydrogen) atoms. The number of nitrogens with zero attached hydrogens (tertiary/aromatic N) is 2. The van der Waals surface area contributed by atoms with Gasteiger partial charge in [-0.05, 0) is 63.3 Å². The van der Waals surface area contributed by atoms with Crippen molar-refractivity contribution in [3.05, 3.63) is 23.8 Å². The van der Waals surface area contributed by atoms with E-state index in [0.717, 1.165) is 5.56 Å². The fourth-order valence-corrected chi connectivity index (χ4v) is 5.99. The third-order valence-electron chi connectivity index (χ3n) is 6.16. The maximum Gasteiger partial charge on any atom is 0.309 e. The zero-order valence-corrected chi connectivity index (χ0v) is 19.3. The van der Waals surface area contributed by atoms with E-state index in [1.165, 1.54) is 4.31 Å². The van der Waals surface area contributed by atoms with Crippen molar-refractivity contribution in [2.24, 2.45) is 11.8 Å². The number of hydrogen-bond donors (Lipinski definition) is 0. The summed E-state index contributed by atoms with van der Waals surface area (Å²) < 4.78 is 38.1. The number of amides is 1. The molecule has 0 N–H and O–H groups in total. The Morgan fingerprint density at radius 2 is 1.81 bits per heavy atom. The Labute approximate surface area is 184 Å². The number of rotatable bonds is 6. The molecule has 8 nitrogen and oxygen atoms in total. The maximum absolute atomic E-state index is 13.2. The van der Waals surface area contributed by atoms with Gasteiger partial charge < -0.3 is 14.4 Å². The van der Waals surface area contributed by atoms with E-state index in [0.29, 0.717) is 57.7 Å². The summed E-state index contributed by atoms with van der Waals surface area (Å²) in [6, 6.07) is 4.81. The molecule has 0 bridgehead atoms. The van der Waals surface area contributed by atoms with Crippen LogP contribution in [0.4, 0.5) is 0 Å². The smallest absolute Gasteiger partial charge is 0.309 e. The van der Waals surface area contributed by atoms with E-state index >= 15 is 0 Å². The second-order valence-corrected chi connectivity index (χ2v) is 10.1. The Morgan fingerprint density at radius 3 is 2.42 bits per heavy atom. The van der Waals surface area contributed by atoms with Crippen LogP contribution in [-0.2, 0) is 24.3 Å². The fourth-order valence-electron chi connectivity index (χ4n) is 4.38. The molecule has 172 valence electrons. The third-order valence-corrected chi connectivity index (χ3v) is 8.03. The van der Waals surface area contributed by atoms with Gasteiger partial charge in [0.15, 0.2) is 0 Å². The van der Waals surface area contributed by atoms with Crippen molar-refractivity contribution < 1.29 is 27.5 Å². The van der Waals surface area contributed by atoms with Gasteiger partial charge in [-0.2, -0.15) is 4.31 Å². The third kappa shape index (κ3) is 5.20. The molecule has 0 spiro atoms. The van der Waals surface area contributed by atoms with Gasteiger partial charge in [-0.1, -0.05) is 0 Å². The normalized spacial score (nSPS) is 21.0. The predicted molar refractivity (Wildman–Crippen MR) is 115 cm³/mol. The van der Waals surface area contributed by atoms with E-state index in [1.54, 1.807) is 44.1 Å². The monoisotopic (exact) mass is 452 g/mol. The highest BCUT2D eigenvalue weighted by molar-refractivity contribution is 7.89. The van der Waals surface area contributed by atoms with E-state index < -0.39 is 10.0 Å². The van der Waals surface area contributed by atoms with Crippen molar-refractivity contribution in [3.63, 3.8) is 0 Å². The number of esters is 1. The molecule has 1 aromatic carbocycles. The highest BCUT2D eigenvalue weighted by Gasteiger charge is 2.37. The van der Waals surface area contributed by atoms with Gasteiger partial charge in [0.05, 0.1) is 30.4 Å². The number of aryl methyl sites for hydroxylation is 1. The first-order valence-electron chi connectivity index (χ1n) is 10.9. The van der Waals surface area contributed by atoms with E-state index in [9.17, 15) is 18.0 Å². The second kappa shape index (κ2) is 9.99. The van der Waals surface area contributed by atoms with Crippen LogP contribution in [0, 0.1) is 18.8 Å². The number of benzene rings is 1. The predicted octanol–water partition coefficient (Wildman–Crippen LogP) is 2.21. The van der Waals surface area contributed by atoms with Crippen LogP contribution in [-0.4, -0.2) is 69.4 Å². The molecule has 2 fully saturated rings. The van der Waals surface area contributed by atoms with Crippen LogP contribution < -0.4 is 4.74 Å². The van der Waals surface area contributed by atoms with E-state index in [1.807, 2.05) is 0 Å². The van der Waals surface area contributed by atoms with E-state index in [4.69, 9.17) is 9.47 Å². The summed E-state index contributed by atoms with van der Waals surface area (Å²) in [6.07, 6.45) is 2.49. The number of carbonyl (C=O) groups excluding carboxylic acids is 2. The molecular weight excluding hydrogens is 420 g/mol. The van der Waals surface area contributed by atoms with Crippen molar-refractivity contribution in [1.29, 1.82) is 0 Å². The molecule has 1 amide bonds. The average molecular weight is 453 g/mol. The SMILES string of the molecule is CCOC(=O)C1CCN(C(=O)C2CCCN(S(=O)(=O)c3ccc(OC)c(C)c3)C2)CC1. The summed E-state index contributed by atoms with van der Waals surface area (Å²) in [5.41, 5.74) is 0.748. The van der Waals surface area contributed by atoms with Crippen molar-refractivity contribution >= 4 is 21.9 Å². The molecule has 2 saturated heterocycles. The Hall–Kier alpha value is -2.13. The molecule has 9 heteroatoms. The molecule has 3 rings (SSSR count). The highest BCUT2D eigenvalue weighted by atomic mass is 32.2. The lowest BCUT2D eigenvalue weighted by molar-refractivity contribution is -0.152. The van der Waals surface area contributed by atoms with Crippen molar-refractivity contribution in [2.45, 2.75) is 44.4 Å². The first-order valence-corrected chi connectivity index (χ1v) is 12.3. The minimum atomic E-state index is -3.69. The lowest BCUT2D eigenvalue weighted by atomic mass is 9.93. The van der Waals surface area contributed by atoms with E-state index in [-0.39, 0.29) is 35.2 Å². The second-order valence-electron chi connectivity index (χ2n) is 8.19. The van der Waals surface area contributed by atoms with Crippen LogP contribution >= 0.6 is 0 Å². The summed E-state index contributed by atoms with van der Waals surface area (Å²) in [5.74, 6) is -0.100. The zero-order valence-electron chi connectivity index (χ0n) is 18.5. The molecule has 0 aliphatic carbocycles. The van der Waals surface area contributed by atoms with Crippen LogP contribution in [0.2, 0.25) is 0 Å². The quantitative estimate of drug-likeness (QED) is 0.615. The Balaban J connectivity index is 1.64. The largest absolute Gasteiger partial charge is 0.496 e. The van der Waals surface area contributed by atoms with Gasteiger partial charge in [0, 0.05) is 26.2 Å². The average Bonchev–Trinajstić information content (AvgIpc) is 2.79. The minimum Gasteiger partial charge on any atom is -0.496 e. The van der Waals surface area contributed by atoms with Crippen LogP contribution in [0.1, 0.15) is 38.2 Å². The molecule has 0 aromatic heterocycles. The van der Waals surface area contributed by atoms with Crippen molar-refractivity contribution in [2.75, 3.05) is 39.9 Å².